The lowest BCUT2D eigenvalue weighted by Gasteiger charge is -2.12. The van der Waals surface area contributed by atoms with Crippen LogP contribution in [0.4, 0.5) is 0 Å². The number of nitriles is 1. The summed E-state index contributed by atoms with van der Waals surface area (Å²) < 4.78 is 5.41. The number of benzene rings is 2. The van der Waals surface area contributed by atoms with Gasteiger partial charge in [-0.15, -0.1) is 0 Å². The first-order valence-electron chi connectivity index (χ1n) is 7.75. The Morgan fingerprint density at radius 3 is 2.67 bits per heavy atom. The standard InChI is InChI=1S/C19H14ClN5O2/c1-27-16-6-10(8-21)2-4-13(16)17-14-7-11(18(26)25-19(22)23)3-5-12(14)15(20)9-24-17/h2-7,9H,1H3,(H4,22,23,25,26). The van der Waals surface area contributed by atoms with Crippen molar-refractivity contribution in [2.24, 2.45) is 16.5 Å². The highest BCUT2D eigenvalue weighted by molar-refractivity contribution is 6.36. The molecule has 3 rings (SSSR count). The van der Waals surface area contributed by atoms with Crippen LogP contribution in [0.25, 0.3) is 22.0 Å². The zero-order valence-corrected chi connectivity index (χ0v) is 15.0. The molecule has 27 heavy (non-hydrogen) atoms. The number of hydrogen-bond donors (Lipinski definition) is 2. The molecule has 3 aromatic rings. The van der Waals surface area contributed by atoms with Crippen molar-refractivity contribution in [3.63, 3.8) is 0 Å². The molecule has 0 aliphatic carbocycles. The Labute approximate surface area is 159 Å². The fourth-order valence-corrected chi connectivity index (χ4v) is 2.91. The van der Waals surface area contributed by atoms with E-state index in [9.17, 15) is 4.79 Å². The van der Waals surface area contributed by atoms with E-state index in [1.807, 2.05) is 0 Å². The van der Waals surface area contributed by atoms with E-state index in [0.717, 1.165) is 0 Å². The highest BCUT2D eigenvalue weighted by Crippen LogP contribution is 2.36. The lowest BCUT2D eigenvalue weighted by molar-refractivity contribution is 0.100. The van der Waals surface area contributed by atoms with Crippen LogP contribution in [0.2, 0.25) is 5.02 Å². The van der Waals surface area contributed by atoms with Gasteiger partial charge in [-0.2, -0.15) is 10.3 Å². The fourth-order valence-electron chi connectivity index (χ4n) is 2.69. The largest absolute Gasteiger partial charge is 0.496 e. The van der Waals surface area contributed by atoms with E-state index in [1.165, 1.54) is 13.3 Å². The second-order valence-corrected chi connectivity index (χ2v) is 5.99. The number of aromatic nitrogens is 1. The van der Waals surface area contributed by atoms with Crippen LogP contribution < -0.4 is 16.2 Å². The minimum Gasteiger partial charge on any atom is -0.496 e. The van der Waals surface area contributed by atoms with Gasteiger partial charge < -0.3 is 16.2 Å². The molecule has 8 heteroatoms. The average Bonchev–Trinajstić information content (AvgIpc) is 2.67. The minimum absolute atomic E-state index is 0.286. The second kappa shape index (κ2) is 7.32. The molecule has 0 radical (unpaired) electrons. The van der Waals surface area contributed by atoms with Crippen molar-refractivity contribution in [3.8, 4) is 23.1 Å². The molecule has 0 bridgehead atoms. The number of carbonyl (C=O) groups excluding carboxylic acids is 1. The van der Waals surface area contributed by atoms with Gasteiger partial charge in [-0.1, -0.05) is 17.7 Å². The van der Waals surface area contributed by atoms with Gasteiger partial charge in [-0.05, 0) is 30.3 Å². The van der Waals surface area contributed by atoms with E-state index in [-0.39, 0.29) is 11.5 Å². The van der Waals surface area contributed by atoms with E-state index >= 15 is 0 Å². The first-order valence-corrected chi connectivity index (χ1v) is 8.13. The average molecular weight is 380 g/mol. The molecule has 1 amide bonds. The first-order chi connectivity index (χ1) is 12.9. The van der Waals surface area contributed by atoms with Crippen molar-refractivity contribution in [2.75, 3.05) is 7.11 Å². The molecule has 4 N–H and O–H groups in total. The number of fused-ring (bicyclic) bond motifs is 1. The fraction of sp³-hybridized carbons (Fsp3) is 0.0526. The minimum atomic E-state index is -0.574. The van der Waals surface area contributed by atoms with Crippen LogP contribution >= 0.6 is 11.6 Å². The predicted octanol–water partition coefficient (Wildman–Crippen LogP) is 2.85. The third kappa shape index (κ3) is 3.52. The smallest absolute Gasteiger partial charge is 0.280 e. The van der Waals surface area contributed by atoms with Crippen molar-refractivity contribution in [3.05, 3.63) is 58.7 Å². The first kappa shape index (κ1) is 18.2. The van der Waals surface area contributed by atoms with Crippen molar-refractivity contribution < 1.29 is 9.53 Å². The number of rotatable bonds is 3. The molecule has 2 aromatic carbocycles. The molecule has 0 aliphatic heterocycles. The number of hydrogen-bond acceptors (Lipinski definition) is 4. The number of nitrogens with two attached hydrogens (primary N) is 2. The van der Waals surface area contributed by atoms with E-state index in [0.29, 0.717) is 38.4 Å². The number of pyridine rings is 1. The van der Waals surface area contributed by atoms with Crippen LogP contribution in [-0.2, 0) is 0 Å². The highest BCUT2D eigenvalue weighted by atomic mass is 35.5. The molecule has 0 saturated heterocycles. The van der Waals surface area contributed by atoms with Crippen molar-refractivity contribution in [1.29, 1.82) is 5.26 Å². The van der Waals surface area contributed by atoms with Gasteiger partial charge in [-0.25, -0.2) is 0 Å². The molecule has 1 heterocycles. The number of ether oxygens (including phenoxy) is 1. The van der Waals surface area contributed by atoms with Gasteiger partial charge in [-0.3, -0.25) is 9.78 Å². The third-order valence-corrected chi connectivity index (χ3v) is 4.20. The zero-order chi connectivity index (χ0) is 19.6. The summed E-state index contributed by atoms with van der Waals surface area (Å²) in [5, 5.41) is 10.9. The number of halogens is 1. The maximum Gasteiger partial charge on any atom is 0.280 e. The van der Waals surface area contributed by atoms with Gasteiger partial charge in [0.2, 0.25) is 0 Å². The molecule has 0 atom stereocenters. The maximum atomic E-state index is 12.2. The molecule has 0 fully saturated rings. The summed E-state index contributed by atoms with van der Waals surface area (Å²) in [5.74, 6) is -0.418. The molecule has 1 aromatic heterocycles. The third-order valence-electron chi connectivity index (χ3n) is 3.90. The molecule has 0 saturated carbocycles. The van der Waals surface area contributed by atoms with Gasteiger partial charge in [0.15, 0.2) is 5.96 Å². The van der Waals surface area contributed by atoms with E-state index < -0.39 is 5.91 Å². The number of aliphatic imine (C=N–C) groups is 1. The summed E-state index contributed by atoms with van der Waals surface area (Å²) in [6, 6.07) is 12.0. The SMILES string of the molecule is COc1cc(C#N)ccc1-c1ncc(Cl)c2ccc(C(=O)N=C(N)N)cc12. The monoisotopic (exact) mass is 379 g/mol. The van der Waals surface area contributed by atoms with Crippen LogP contribution in [0, 0.1) is 11.3 Å². The summed E-state index contributed by atoms with van der Waals surface area (Å²) >= 11 is 6.26. The van der Waals surface area contributed by atoms with E-state index in [1.54, 1.807) is 36.4 Å². The van der Waals surface area contributed by atoms with Crippen LogP contribution in [0.15, 0.2) is 47.6 Å². The maximum absolute atomic E-state index is 12.2. The van der Waals surface area contributed by atoms with Gasteiger partial charge in [0, 0.05) is 28.1 Å². The molecular formula is C19H14ClN5O2. The lowest BCUT2D eigenvalue weighted by Crippen LogP contribution is -2.24. The summed E-state index contributed by atoms with van der Waals surface area (Å²) in [6.07, 6.45) is 1.52. The Morgan fingerprint density at radius 1 is 1.22 bits per heavy atom. The molecule has 7 nitrogen and oxygen atoms in total. The Morgan fingerprint density at radius 2 is 2.00 bits per heavy atom. The Bertz CT molecular complexity index is 1130. The molecular weight excluding hydrogens is 366 g/mol. The number of amides is 1. The topological polar surface area (TPSA) is 127 Å². The summed E-state index contributed by atoms with van der Waals surface area (Å²) in [6.45, 7) is 0. The van der Waals surface area contributed by atoms with Gasteiger partial charge >= 0.3 is 0 Å². The van der Waals surface area contributed by atoms with Crippen molar-refractivity contribution >= 4 is 34.2 Å². The second-order valence-electron chi connectivity index (χ2n) is 5.58. The van der Waals surface area contributed by atoms with Gasteiger partial charge in [0.25, 0.3) is 5.91 Å². The molecule has 134 valence electrons. The normalized spacial score (nSPS) is 10.3. The van der Waals surface area contributed by atoms with Crippen molar-refractivity contribution in [1.82, 2.24) is 4.98 Å². The lowest BCUT2D eigenvalue weighted by atomic mass is 10.00. The van der Waals surface area contributed by atoms with Crippen LogP contribution in [0.5, 0.6) is 5.75 Å². The predicted molar refractivity (Wildman–Crippen MR) is 104 cm³/mol. The van der Waals surface area contributed by atoms with Crippen LogP contribution in [-0.4, -0.2) is 24.0 Å². The zero-order valence-electron chi connectivity index (χ0n) is 14.2. The summed E-state index contributed by atoms with van der Waals surface area (Å²) in [5.41, 5.74) is 12.5. The van der Waals surface area contributed by atoms with Crippen LogP contribution in [0.1, 0.15) is 15.9 Å². The van der Waals surface area contributed by atoms with E-state index in [4.69, 9.17) is 33.1 Å². The summed E-state index contributed by atoms with van der Waals surface area (Å²) in [4.78, 5) is 20.1. The number of carbonyl (C=O) groups is 1. The number of nitrogens with zero attached hydrogens (tertiary/aromatic N) is 3. The van der Waals surface area contributed by atoms with Gasteiger partial charge in [0.05, 0.1) is 29.5 Å². The van der Waals surface area contributed by atoms with E-state index in [2.05, 4.69) is 16.0 Å². The number of methoxy groups -OCH3 is 1. The van der Waals surface area contributed by atoms with Crippen molar-refractivity contribution in [2.45, 2.75) is 0 Å². The highest BCUT2D eigenvalue weighted by Gasteiger charge is 2.16. The Balaban J connectivity index is 2.28. The summed E-state index contributed by atoms with van der Waals surface area (Å²) in [7, 11) is 1.51. The van der Waals surface area contributed by atoms with Gasteiger partial charge in [0.1, 0.15) is 5.75 Å². The number of guanidine groups is 1. The Hall–Kier alpha value is -3.63. The quantitative estimate of drug-likeness (QED) is 0.532. The Kier molecular flexibility index (Phi) is 4.92. The van der Waals surface area contributed by atoms with Crippen LogP contribution in [0.3, 0.4) is 0 Å². The molecule has 0 spiro atoms. The molecule has 0 unspecified atom stereocenters. The molecule has 0 aliphatic rings.